The third-order valence-corrected chi connectivity index (χ3v) is 1.68. The van der Waals surface area contributed by atoms with E-state index in [2.05, 4.69) is 0 Å². The zero-order chi connectivity index (χ0) is 11.1. The van der Waals surface area contributed by atoms with Gasteiger partial charge in [-0.25, -0.2) is 4.79 Å². The Morgan fingerprint density at radius 2 is 1.87 bits per heavy atom. The topological polar surface area (TPSA) is 43.4 Å². The van der Waals surface area contributed by atoms with Crippen molar-refractivity contribution in [3.8, 4) is 0 Å². The van der Waals surface area contributed by atoms with Crippen LogP contribution in [0.25, 0.3) is 0 Å². The smallest absolute Gasteiger partial charge is 0.331 e. The number of ether oxygens (including phenoxy) is 1. The maximum atomic E-state index is 11.1. The average molecular weight is 204 g/mol. The van der Waals surface area contributed by atoms with E-state index in [9.17, 15) is 9.59 Å². The number of allylic oxidation sites excluding steroid dienone is 1. The minimum Gasteiger partial charge on any atom is -0.458 e. The van der Waals surface area contributed by atoms with Gasteiger partial charge in [-0.3, -0.25) is 4.79 Å². The molecule has 1 aromatic rings. The summed E-state index contributed by atoms with van der Waals surface area (Å²) in [6.45, 7) is 1.60. The number of carbonyl (C=O) groups is 2. The lowest BCUT2D eigenvalue weighted by atomic mass is 10.2. The quantitative estimate of drug-likeness (QED) is 0.555. The van der Waals surface area contributed by atoms with Crippen LogP contribution in [0.15, 0.2) is 42.5 Å². The number of hydrogen-bond acceptors (Lipinski definition) is 3. The summed E-state index contributed by atoms with van der Waals surface area (Å²) in [5.74, 6) is -0.680. The molecular formula is C12H12O3. The SMILES string of the molecule is CC(=O)/C=C/C(=O)OCc1ccccc1. The predicted octanol–water partition coefficient (Wildman–Crippen LogP) is 1.87. The summed E-state index contributed by atoms with van der Waals surface area (Å²) in [5.41, 5.74) is 0.919. The fourth-order valence-corrected chi connectivity index (χ4v) is 0.962. The Kier molecular flexibility index (Phi) is 4.29. The lowest BCUT2D eigenvalue weighted by Gasteiger charge is -2.00. The Balaban J connectivity index is 2.38. The first-order chi connectivity index (χ1) is 7.18. The Bertz CT molecular complexity index is 366. The summed E-state index contributed by atoms with van der Waals surface area (Å²) in [6.07, 6.45) is 2.32. The molecule has 0 atom stereocenters. The Morgan fingerprint density at radius 3 is 2.47 bits per heavy atom. The second-order valence-electron chi connectivity index (χ2n) is 3.04. The molecular weight excluding hydrogens is 192 g/mol. The fraction of sp³-hybridized carbons (Fsp3) is 0.167. The molecule has 0 radical (unpaired) electrons. The molecule has 0 heterocycles. The highest BCUT2D eigenvalue weighted by Crippen LogP contribution is 2.00. The first-order valence-electron chi connectivity index (χ1n) is 4.58. The van der Waals surface area contributed by atoms with Gasteiger partial charge in [-0.05, 0) is 18.6 Å². The van der Waals surface area contributed by atoms with E-state index >= 15 is 0 Å². The van der Waals surface area contributed by atoms with E-state index in [1.165, 1.54) is 13.0 Å². The molecule has 0 spiro atoms. The number of esters is 1. The summed E-state index contributed by atoms with van der Waals surface area (Å²) in [4.78, 5) is 21.6. The molecule has 3 nitrogen and oxygen atoms in total. The molecule has 3 heteroatoms. The van der Waals surface area contributed by atoms with Crippen LogP contribution < -0.4 is 0 Å². The normalized spacial score (nSPS) is 10.2. The maximum absolute atomic E-state index is 11.1. The van der Waals surface area contributed by atoms with Gasteiger partial charge in [0.05, 0.1) is 0 Å². The van der Waals surface area contributed by atoms with Gasteiger partial charge in [0.15, 0.2) is 5.78 Å². The van der Waals surface area contributed by atoms with E-state index in [1.54, 1.807) is 0 Å². The number of hydrogen-bond donors (Lipinski definition) is 0. The molecule has 0 saturated carbocycles. The van der Waals surface area contributed by atoms with Gasteiger partial charge in [0.1, 0.15) is 6.61 Å². The van der Waals surface area contributed by atoms with Gasteiger partial charge in [0.25, 0.3) is 0 Å². The van der Waals surface area contributed by atoms with Gasteiger partial charge in [0.2, 0.25) is 0 Å². The van der Waals surface area contributed by atoms with E-state index in [1.807, 2.05) is 30.3 Å². The van der Waals surface area contributed by atoms with Crippen LogP contribution in [0.5, 0.6) is 0 Å². The third-order valence-electron chi connectivity index (χ3n) is 1.68. The van der Waals surface area contributed by atoms with Crippen LogP contribution in [0.4, 0.5) is 0 Å². The molecule has 0 bridgehead atoms. The van der Waals surface area contributed by atoms with Crippen molar-refractivity contribution in [1.29, 1.82) is 0 Å². The molecule has 0 N–H and O–H groups in total. The van der Waals surface area contributed by atoms with Gasteiger partial charge in [-0.15, -0.1) is 0 Å². The molecule has 0 aliphatic heterocycles. The second-order valence-corrected chi connectivity index (χ2v) is 3.04. The lowest BCUT2D eigenvalue weighted by molar-refractivity contribution is -0.139. The summed E-state index contributed by atoms with van der Waals surface area (Å²) in [7, 11) is 0. The van der Waals surface area contributed by atoms with Crippen LogP contribution in [0, 0.1) is 0 Å². The highest BCUT2D eigenvalue weighted by atomic mass is 16.5. The van der Waals surface area contributed by atoms with E-state index in [0.717, 1.165) is 11.6 Å². The standard InChI is InChI=1S/C12H12O3/c1-10(13)7-8-12(14)15-9-11-5-3-2-4-6-11/h2-8H,9H2,1H3/b8-7+. The fourth-order valence-electron chi connectivity index (χ4n) is 0.962. The molecule has 0 aromatic heterocycles. The zero-order valence-electron chi connectivity index (χ0n) is 8.47. The van der Waals surface area contributed by atoms with Crippen molar-refractivity contribution in [1.82, 2.24) is 0 Å². The van der Waals surface area contributed by atoms with Crippen molar-refractivity contribution < 1.29 is 14.3 Å². The molecule has 15 heavy (non-hydrogen) atoms. The van der Waals surface area contributed by atoms with Crippen LogP contribution in [-0.4, -0.2) is 11.8 Å². The van der Waals surface area contributed by atoms with Gasteiger partial charge in [-0.1, -0.05) is 30.3 Å². The molecule has 0 unspecified atom stereocenters. The Hall–Kier alpha value is -1.90. The number of benzene rings is 1. The maximum Gasteiger partial charge on any atom is 0.331 e. The number of rotatable bonds is 4. The summed E-state index contributed by atoms with van der Waals surface area (Å²) in [6, 6.07) is 9.36. The largest absolute Gasteiger partial charge is 0.458 e. The highest BCUT2D eigenvalue weighted by molar-refractivity contribution is 5.94. The van der Waals surface area contributed by atoms with Crippen molar-refractivity contribution in [2.24, 2.45) is 0 Å². The van der Waals surface area contributed by atoms with Crippen molar-refractivity contribution in [3.63, 3.8) is 0 Å². The third kappa shape index (κ3) is 4.76. The molecule has 0 fully saturated rings. The predicted molar refractivity (Wildman–Crippen MR) is 56.1 cm³/mol. The molecule has 1 aromatic carbocycles. The van der Waals surface area contributed by atoms with Crippen LogP contribution in [-0.2, 0) is 20.9 Å². The average Bonchev–Trinajstić information content (AvgIpc) is 2.25. The van der Waals surface area contributed by atoms with E-state index < -0.39 is 5.97 Å². The molecule has 0 aliphatic carbocycles. The van der Waals surface area contributed by atoms with E-state index in [4.69, 9.17) is 4.74 Å². The minimum atomic E-state index is -0.506. The molecule has 1 rings (SSSR count). The Morgan fingerprint density at radius 1 is 1.20 bits per heavy atom. The molecule has 0 amide bonds. The van der Waals surface area contributed by atoms with Crippen LogP contribution in [0.3, 0.4) is 0 Å². The van der Waals surface area contributed by atoms with Gasteiger partial charge >= 0.3 is 5.97 Å². The first-order valence-corrected chi connectivity index (χ1v) is 4.58. The van der Waals surface area contributed by atoms with E-state index in [0.29, 0.717) is 0 Å². The monoisotopic (exact) mass is 204 g/mol. The lowest BCUT2D eigenvalue weighted by Crippen LogP contribution is -2.01. The van der Waals surface area contributed by atoms with Gasteiger partial charge < -0.3 is 4.74 Å². The summed E-state index contributed by atoms with van der Waals surface area (Å²) >= 11 is 0. The van der Waals surface area contributed by atoms with Crippen LogP contribution in [0.2, 0.25) is 0 Å². The van der Waals surface area contributed by atoms with E-state index in [-0.39, 0.29) is 12.4 Å². The molecule has 0 saturated heterocycles. The first kappa shape index (κ1) is 11.2. The second kappa shape index (κ2) is 5.75. The van der Waals surface area contributed by atoms with Crippen molar-refractivity contribution >= 4 is 11.8 Å². The molecule has 78 valence electrons. The zero-order valence-corrected chi connectivity index (χ0v) is 8.47. The Labute approximate surface area is 88.4 Å². The number of carbonyl (C=O) groups excluding carboxylic acids is 2. The van der Waals surface area contributed by atoms with Crippen molar-refractivity contribution in [3.05, 3.63) is 48.0 Å². The minimum absolute atomic E-state index is 0.174. The summed E-state index contributed by atoms with van der Waals surface area (Å²) in [5, 5.41) is 0. The number of ketones is 1. The van der Waals surface area contributed by atoms with Gasteiger partial charge in [-0.2, -0.15) is 0 Å². The highest BCUT2D eigenvalue weighted by Gasteiger charge is 1.98. The van der Waals surface area contributed by atoms with Crippen molar-refractivity contribution in [2.75, 3.05) is 0 Å². The molecule has 0 aliphatic rings. The van der Waals surface area contributed by atoms with Crippen LogP contribution in [0.1, 0.15) is 12.5 Å². The van der Waals surface area contributed by atoms with Gasteiger partial charge in [0, 0.05) is 6.08 Å². The van der Waals surface area contributed by atoms with Crippen molar-refractivity contribution in [2.45, 2.75) is 13.5 Å². The summed E-state index contributed by atoms with van der Waals surface area (Å²) < 4.78 is 4.90. The van der Waals surface area contributed by atoms with Crippen LogP contribution >= 0.6 is 0 Å².